The molecule has 160 valence electrons. The van der Waals surface area contributed by atoms with E-state index < -0.39 is 30.5 Å². The SMILES string of the molecule is NS(=O)(=O)c1ccc(N/C=C(\C(=O)c2ccc(Cl)cc2)S(=O)(=O)c2ccccc2)cc1. The number of hydrogen-bond acceptors (Lipinski definition) is 6. The summed E-state index contributed by atoms with van der Waals surface area (Å²) in [5.74, 6) is -0.728. The van der Waals surface area contributed by atoms with Crippen molar-refractivity contribution >= 4 is 42.9 Å². The number of sulfone groups is 1. The third-order valence-electron chi connectivity index (χ3n) is 4.23. The summed E-state index contributed by atoms with van der Waals surface area (Å²) < 4.78 is 49.1. The van der Waals surface area contributed by atoms with Gasteiger partial charge in [0.1, 0.15) is 4.91 Å². The van der Waals surface area contributed by atoms with Crippen LogP contribution in [0.2, 0.25) is 5.02 Å². The number of ketones is 1. The molecule has 0 saturated carbocycles. The van der Waals surface area contributed by atoms with Gasteiger partial charge in [0, 0.05) is 22.5 Å². The number of nitrogens with one attached hydrogen (secondary N) is 1. The molecule has 31 heavy (non-hydrogen) atoms. The molecule has 0 aliphatic rings. The van der Waals surface area contributed by atoms with Gasteiger partial charge in [-0.15, -0.1) is 0 Å². The number of allylic oxidation sites excluding steroid dienone is 1. The summed E-state index contributed by atoms with van der Waals surface area (Å²) in [7, 11) is -8.03. The third kappa shape index (κ3) is 5.39. The van der Waals surface area contributed by atoms with Crippen molar-refractivity contribution in [2.45, 2.75) is 9.79 Å². The average molecular weight is 477 g/mol. The first kappa shape index (κ1) is 22.7. The van der Waals surface area contributed by atoms with Gasteiger partial charge in [0.05, 0.1) is 9.79 Å². The molecule has 3 N–H and O–H groups in total. The highest BCUT2D eigenvalue weighted by Crippen LogP contribution is 2.24. The molecule has 0 amide bonds. The van der Waals surface area contributed by atoms with E-state index in [1.165, 1.54) is 60.7 Å². The molecule has 10 heteroatoms. The molecule has 0 saturated heterocycles. The van der Waals surface area contributed by atoms with Crippen LogP contribution in [-0.4, -0.2) is 22.6 Å². The van der Waals surface area contributed by atoms with Crippen molar-refractivity contribution < 1.29 is 21.6 Å². The van der Waals surface area contributed by atoms with Crippen LogP contribution >= 0.6 is 11.6 Å². The van der Waals surface area contributed by atoms with E-state index in [9.17, 15) is 21.6 Å². The normalized spacial score (nSPS) is 12.4. The molecule has 0 bridgehead atoms. The van der Waals surface area contributed by atoms with Crippen LogP contribution in [0, 0.1) is 0 Å². The first-order valence-corrected chi connectivity index (χ1v) is 12.2. The summed E-state index contributed by atoms with van der Waals surface area (Å²) in [6.07, 6.45) is 1.07. The fourth-order valence-corrected chi connectivity index (χ4v) is 4.61. The number of benzene rings is 3. The first-order chi connectivity index (χ1) is 14.6. The number of carbonyl (C=O) groups is 1. The van der Waals surface area contributed by atoms with Crippen LogP contribution in [0.1, 0.15) is 10.4 Å². The van der Waals surface area contributed by atoms with Crippen molar-refractivity contribution in [2.75, 3.05) is 5.32 Å². The Balaban J connectivity index is 2.03. The lowest BCUT2D eigenvalue weighted by molar-refractivity contribution is 0.104. The van der Waals surface area contributed by atoms with Crippen LogP contribution in [-0.2, 0) is 19.9 Å². The van der Waals surface area contributed by atoms with Gasteiger partial charge in [-0.3, -0.25) is 4.79 Å². The van der Waals surface area contributed by atoms with Crippen LogP contribution in [0.15, 0.2) is 99.8 Å². The van der Waals surface area contributed by atoms with Crippen LogP contribution in [0.3, 0.4) is 0 Å². The third-order valence-corrected chi connectivity index (χ3v) is 7.18. The monoisotopic (exact) mass is 476 g/mol. The minimum absolute atomic E-state index is 0.0464. The van der Waals surface area contributed by atoms with Gasteiger partial charge in [0.2, 0.25) is 25.6 Å². The number of Topliss-reactive ketones (excluding diaryl/α,β-unsaturated/α-hetero) is 1. The van der Waals surface area contributed by atoms with Gasteiger partial charge >= 0.3 is 0 Å². The fraction of sp³-hybridized carbons (Fsp3) is 0. The standard InChI is InChI=1S/C21H17ClN2O5S2/c22-16-8-6-15(7-9-16)21(25)20(30(26,27)18-4-2-1-3-5-18)14-24-17-10-12-19(13-11-17)31(23,28)29/h1-14,24H,(H2,23,28,29)/b20-14+. The van der Waals surface area contributed by atoms with E-state index in [4.69, 9.17) is 16.7 Å². The van der Waals surface area contributed by atoms with Crippen molar-refractivity contribution in [1.82, 2.24) is 0 Å². The maximum atomic E-state index is 13.2. The van der Waals surface area contributed by atoms with Crippen LogP contribution < -0.4 is 10.5 Å². The zero-order chi connectivity index (χ0) is 22.6. The van der Waals surface area contributed by atoms with Gasteiger partial charge in [-0.25, -0.2) is 22.0 Å². The number of rotatable bonds is 7. The van der Waals surface area contributed by atoms with Crippen LogP contribution in [0.4, 0.5) is 5.69 Å². The number of sulfonamides is 1. The van der Waals surface area contributed by atoms with Crippen molar-refractivity contribution in [1.29, 1.82) is 0 Å². The zero-order valence-corrected chi connectivity index (χ0v) is 18.3. The zero-order valence-electron chi connectivity index (χ0n) is 15.9. The number of carbonyl (C=O) groups excluding carboxylic acids is 1. The Morgan fingerprint density at radius 1 is 0.806 bits per heavy atom. The molecule has 0 spiro atoms. The summed E-state index contributed by atoms with van der Waals surface area (Å²) in [4.78, 5) is 12.4. The quantitative estimate of drug-likeness (QED) is 0.396. The smallest absolute Gasteiger partial charge is 0.238 e. The Hall–Kier alpha value is -2.98. The Morgan fingerprint density at radius 2 is 1.39 bits per heavy atom. The van der Waals surface area contributed by atoms with E-state index in [1.54, 1.807) is 18.2 Å². The van der Waals surface area contributed by atoms with E-state index >= 15 is 0 Å². The van der Waals surface area contributed by atoms with Crippen molar-refractivity contribution in [2.24, 2.45) is 5.14 Å². The molecule has 0 aliphatic carbocycles. The molecule has 7 nitrogen and oxygen atoms in total. The number of anilines is 1. The number of halogens is 1. The van der Waals surface area contributed by atoms with E-state index in [0.717, 1.165) is 6.20 Å². The molecule has 3 aromatic rings. The lowest BCUT2D eigenvalue weighted by atomic mass is 10.1. The van der Waals surface area contributed by atoms with Gasteiger partial charge in [-0.1, -0.05) is 29.8 Å². The summed E-state index contributed by atoms with van der Waals surface area (Å²) in [5, 5.41) is 8.21. The van der Waals surface area contributed by atoms with Crippen LogP contribution in [0.25, 0.3) is 0 Å². The predicted octanol–water partition coefficient (Wildman–Crippen LogP) is 3.60. The topological polar surface area (TPSA) is 123 Å². The van der Waals surface area contributed by atoms with Gasteiger partial charge in [-0.05, 0) is 60.7 Å². The lowest BCUT2D eigenvalue weighted by Crippen LogP contribution is -2.16. The highest BCUT2D eigenvalue weighted by Gasteiger charge is 2.28. The second kappa shape index (κ2) is 9.03. The highest BCUT2D eigenvalue weighted by atomic mass is 35.5. The van der Waals surface area contributed by atoms with Gasteiger partial charge < -0.3 is 5.32 Å². The summed E-state index contributed by atoms with van der Waals surface area (Å²) in [6.45, 7) is 0. The van der Waals surface area contributed by atoms with Gasteiger partial charge in [0.15, 0.2) is 0 Å². The molecule has 0 aromatic heterocycles. The molecular weight excluding hydrogens is 460 g/mol. The predicted molar refractivity (Wildman–Crippen MR) is 119 cm³/mol. The van der Waals surface area contributed by atoms with Crippen molar-refractivity contribution in [3.05, 3.63) is 101 Å². The Kier molecular flexibility index (Phi) is 6.61. The number of hydrogen-bond donors (Lipinski definition) is 2. The summed E-state index contributed by atoms with van der Waals surface area (Å²) in [5.41, 5.74) is 0.499. The number of nitrogens with two attached hydrogens (primary N) is 1. The maximum absolute atomic E-state index is 13.2. The summed E-state index contributed by atoms with van der Waals surface area (Å²) in [6, 6.07) is 18.7. The largest absolute Gasteiger partial charge is 0.360 e. The molecule has 0 fully saturated rings. The Bertz CT molecular complexity index is 1340. The van der Waals surface area contributed by atoms with E-state index in [2.05, 4.69) is 5.32 Å². The van der Waals surface area contributed by atoms with Gasteiger partial charge in [0.25, 0.3) is 0 Å². The van der Waals surface area contributed by atoms with E-state index in [1.807, 2.05) is 0 Å². The van der Waals surface area contributed by atoms with Crippen molar-refractivity contribution in [3.63, 3.8) is 0 Å². The lowest BCUT2D eigenvalue weighted by Gasteiger charge is -2.10. The molecule has 3 rings (SSSR count). The Labute approximate surface area is 185 Å². The minimum atomic E-state index is -4.16. The average Bonchev–Trinajstić information content (AvgIpc) is 2.74. The molecule has 0 heterocycles. The molecule has 0 unspecified atom stereocenters. The van der Waals surface area contributed by atoms with Crippen LogP contribution in [0.5, 0.6) is 0 Å². The van der Waals surface area contributed by atoms with Gasteiger partial charge in [-0.2, -0.15) is 0 Å². The first-order valence-electron chi connectivity index (χ1n) is 8.79. The van der Waals surface area contributed by atoms with Crippen molar-refractivity contribution in [3.8, 4) is 0 Å². The molecule has 0 atom stereocenters. The Morgan fingerprint density at radius 3 is 1.94 bits per heavy atom. The molecule has 0 aliphatic heterocycles. The molecule has 0 radical (unpaired) electrons. The summed E-state index contributed by atoms with van der Waals surface area (Å²) >= 11 is 5.86. The van der Waals surface area contributed by atoms with E-state index in [0.29, 0.717) is 10.7 Å². The molecule has 3 aromatic carbocycles. The fourth-order valence-electron chi connectivity index (χ4n) is 2.63. The second-order valence-corrected chi connectivity index (χ2v) is 10.3. The highest BCUT2D eigenvalue weighted by molar-refractivity contribution is 7.96. The molecular formula is C21H17ClN2O5S2. The minimum Gasteiger partial charge on any atom is -0.360 e. The number of primary sulfonamides is 1. The second-order valence-electron chi connectivity index (χ2n) is 6.37. The van der Waals surface area contributed by atoms with E-state index in [-0.39, 0.29) is 15.4 Å². The maximum Gasteiger partial charge on any atom is 0.238 e.